The summed E-state index contributed by atoms with van der Waals surface area (Å²) in [6.45, 7) is -0.724. The van der Waals surface area contributed by atoms with E-state index in [1.807, 2.05) is 0 Å². The molecule has 0 aromatic heterocycles. The van der Waals surface area contributed by atoms with Gasteiger partial charge in [0.05, 0.1) is 30.5 Å². The van der Waals surface area contributed by atoms with Gasteiger partial charge in [0.2, 0.25) is 5.91 Å². The van der Waals surface area contributed by atoms with Crippen LogP contribution in [-0.4, -0.2) is 61.9 Å². The van der Waals surface area contributed by atoms with Crippen molar-refractivity contribution in [1.82, 2.24) is 4.31 Å². The molecule has 0 saturated carbocycles. The molecule has 3 aromatic carbocycles. The predicted molar refractivity (Wildman–Crippen MR) is 142 cm³/mol. The number of nitrogens with zero attached hydrogens (tertiary/aromatic N) is 2. The van der Waals surface area contributed by atoms with E-state index < -0.39 is 38.5 Å². The van der Waals surface area contributed by atoms with Crippen LogP contribution in [0.4, 0.5) is 21.5 Å². The molecule has 0 atom stereocenters. The van der Waals surface area contributed by atoms with Crippen molar-refractivity contribution in [2.75, 3.05) is 49.2 Å². The van der Waals surface area contributed by atoms with E-state index in [4.69, 9.17) is 9.47 Å². The minimum atomic E-state index is -4.21. The van der Waals surface area contributed by atoms with Crippen molar-refractivity contribution in [2.45, 2.75) is 4.90 Å². The largest absolute Gasteiger partial charge is 0.497 e. The Kier molecular flexibility index (Phi) is 8.81. The lowest BCUT2D eigenvalue weighted by Gasteiger charge is -2.27. The van der Waals surface area contributed by atoms with E-state index in [0.29, 0.717) is 10.1 Å². The minimum Gasteiger partial charge on any atom is -0.497 e. The van der Waals surface area contributed by atoms with Crippen LogP contribution in [0.2, 0.25) is 0 Å². The molecule has 0 saturated heterocycles. The lowest BCUT2D eigenvalue weighted by molar-refractivity contribution is -0.114. The summed E-state index contributed by atoms with van der Waals surface area (Å²) in [6.07, 6.45) is 0. The maximum absolute atomic E-state index is 14.4. The Morgan fingerprint density at radius 2 is 1.58 bits per heavy atom. The summed E-state index contributed by atoms with van der Waals surface area (Å²) in [5, 5.41) is 2.50. The summed E-state index contributed by atoms with van der Waals surface area (Å²) in [7, 11) is -2.89. The number of methoxy groups -OCH3 is 2. The van der Waals surface area contributed by atoms with Crippen LogP contribution in [0.1, 0.15) is 0 Å². The zero-order valence-electron chi connectivity index (χ0n) is 21.0. The van der Waals surface area contributed by atoms with Gasteiger partial charge in [0.25, 0.3) is 10.0 Å². The van der Waals surface area contributed by atoms with Gasteiger partial charge in [-0.15, -0.1) is 0 Å². The number of rotatable bonds is 11. The molecule has 3 rings (SSSR count). The molecule has 0 unspecified atom stereocenters. The van der Waals surface area contributed by atoms with Crippen molar-refractivity contribution >= 4 is 43.2 Å². The zero-order valence-corrected chi connectivity index (χ0v) is 22.6. The highest BCUT2D eigenvalue weighted by Gasteiger charge is 2.29. The molecule has 0 spiro atoms. The molecule has 38 heavy (non-hydrogen) atoms. The van der Waals surface area contributed by atoms with E-state index in [1.165, 1.54) is 76.8 Å². The average Bonchev–Trinajstić information content (AvgIpc) is 2.87. The van der Waals surface area contributed by atoms with Crippen molar-refractivity contribution in [3.05, 3.63) is 72.5 Å². The highest BCUT2D eigenvalue weighted by atomic mass is 32.2. The summed E-state index contributed by atoms with van der Waals surface area (Å²) in [5.41, 5.74) is 0.0695. The number of hydrogen-bond acceptors (Lipinski definition) is 7. The van der Waals surface area contributed by atoms with Gasteiger partial charge in [0, 0.05) is 25.8 Å². The number of carbonyl (C=O) groups excluding carboxylic acids is 1. The molecule has 0 aliphatic rings. The number of para-hydroxylation sites is 1. The van der Waals surface area contributed by atoms with Crippen LogP contribution in [0.5, 0.6) is 11.5 Å². The first-order valence-electron chi connectivity index (χ1n) is 11.0. The van der Waals surface area contributed by atoms with Gasteiger partial charge in [-0.3, -0.25) is 9.52 Å². The molecule has 0 aliphatic heterocycles. The third-order valence-electron chi connectivity index (χ3n) is 5.25. The van der Waals surface area contributed by atoms with Gasteiger partial charge in [-0.2, -0.15) is 12.7 Å². The number of benzene rings is 3. The summed E-state index contributed by atoms with van der Waals surface area (Å²) in [6, 6.07) is 15.0. The quantitative estimate of drug-likeness (QED) is 0.365. The van der Waals surface area contributed by atoms with E-state index in [0.717, 1.165) is 10.4 Å². The van der Waals surface area contributed by atoms with Crippen molar-refractivity contribution in [2.24, 2.45) is 0 Å². The maximum atomic E-state index is 14.4. The predicted octanol–water partition coefficient (Wildman–Crippen LogP) is 2.90. The summed E-state index contributed by atoms with van der Waals surface area (Å²) < 4.78 is 80.0. The van der Waals surface area contributed by atoms with Gasteiger partial charge in [-0.05, 0) is 48.5 Å². The van der Waals surface area contributed by atoms with E-state index in [-0.39, 0.29) is 27.7 Å². The molecule has 2 N–H and O–H groups in total. The lowest BCUT2D eigenvalue weighted by atomic mass is 10.3. The smallest absolute Gasteiger partial charge is 0.304 e. The molecule has 3 aromatic rings. The van der Waals surface area contributed by atoms with E-state index in [9.17, 15) is 26.0 Å². The molecule has 0 radical (unpaired) electrons. The Balaban J connectivity index is 1.78. The van der Waals surface area contributed by atoms with Gasteiger partial charge < -0.3 is 14.8 Å². The maximum Gasteiger partial charge on any atom is 0.304 e. The number of ether oxygens (including phenoxy) is 2. The number of anilines is 3. The Labute approximate surface area is 221 Å². The molecule has 204 valence electrons. The Morgan fingerprint density at radius 1 is 0.921 bits per heavy atom. The monoisotopic (exact) mass is 566 g/mol. The first kappa shape index (κ1) is 28.7. The third-order valence-corrected chi connectivity index (χ3v) is 8.43. The van der Waals surface area contributed by atoms with Crippen molar-refractivity contribution in [3.8, 4) is 11.5 Å². The van der Waals surface area contributed by atoms with Gasteiger partial charge >= 0.3 is 10.2 Å². The first-order chi connectivity index (χ1) is 17.9. The average molecular weight is 567 g/mol. The van der Waals surface area contributed by atoms with E-state index in [1.54, 1.807) is 12.1 Å². The van der Waals surface area contributed by atoms with Gasteiger partial charge in [-0.1, -0.05) is 12.1 Å². The van der Waals surface area contributed by atoms with Gasteiger partial charge in [0.1, 0.15) is 23.9 Å². The van der Waals surface area contributed by atoms with Crippen LogP contribution in [-0.2, 0) is 25.0 Å². The molecular weight excluding hydrogens is 539 g/mol. The summed E-state index contributed by atoms with van der Waals surface area (Å²) in [5.74, 6) is -0.887. The molecule has 0 bridgehead atoms. The van der Waals surface area contributed by atoms with Gasteiger partial charge in [-0.25, -0.2) is 17.1 Å². The summed E-state index contributed by atoms with van der Waals surface area (Å²) >= 11 is 0. The fourth-order valence-electron chi connectivity index (χ4n) is 3.29. The van der Waals surface area contributed by atoms with Crippen molar-refractivity contribution in [1.29, 1.82) is 0 Å². The van der Waals surface area contributed by atoms with Crippen molar-refractivity contribution in [3.63, 3.8) is 0 Å². The van der Waals surface area contributed by atoms with Crippen LogP contribution in [0.15, 0.2) is 71.6 Å². The number of amides is 1. The first-order valence-corrected chi connectivity index (χ1v) is 13.9. The molecule has 14 heteroatoms. The Bertz CT molecular complexity index is 1510. The second-order valence-corrected chi connectivity index (χ2v) is 11.7. The SMILES string of the molecule is COc1ccc(OC)c(NS(=O)(=O)c2ccc(NC(=O)CN(c3ccccc3F)S(=O)(=O)N(C)C)cc2)c1. The van der Waals surface area contributed by atoms with E-state index >= 15 is 0 Å². The van der Waals surface area contributed by atoms with Crippen LogP contribution in [0, 0.1) is 5.82 Å². The topological polar surface area (TPSA) is 134 Å². The molecule has 0 heterocycles. The fourth-order valence-corrected chi connectivity index (χ4v) is 5.42. The van der Waals surface area contributed by atoms with Crippen LogP contribution < -0.4 is 23.8 Å². The molecule has 0 aliphatic carbocycles. The highest BCUT2D eigenvalue weighted by molar-refractivity contribution is 7.92. The number of hydrogen-bond donors (Lipinski definition) is 2. The van der Waals surface area contributed by atoms with Gasteiger partial charge in [0.15, 0.2) is 0 Å². The standard InChI is InChI=1S/C24H27FN4O7S2/c1-28(2)38(33,34)29(22-8-6-5-7-20(22)25)16-24(30)26-17-9-12-19(13-10-17)37(31,32)27-21-15-18(35-3)11-14-23(21)36-4/h5-15,27H,16H2,1-4H3,(H,26,30). The van der Waals surface area contributed by atoms with Crippen LogP contribution >= 0.6 is 0 Å². The molecule has 0 fully saturated rings. The zero-order chi connectivity index (χ0) is 28.1. The number of sulfonamides is 1. The molecule has 1 amide bonds. The van der Waals surface area contributed by atoms with Crippen LogP contribution in [0.3, 0.4) is 0 Å². The highest BCUT2D eigenvalue weighted by Crippen LogP contribution is 2.31. The second-order valence-electron chi connectivity index (χ2n) is 7.99. The van der Waals surface area contributed by atoms with E-state index in [2.05, 4.69) is 10.0 Å². The van der Waals surface area contributed by atoms with Crippen LogP contribution in [0.25, 0.3) is 0 Å². The molecular formula is C24H27FN4O7S2. The second kappa shape index (κ2) is 11.7. The number of nitrogens with one attached hydrogen (secondary N) is 2. The third kappa shape index (κ3) is 6.51. The fraction of sp³-hybridized carbons (Fsp3) is 0.208. The lowest BCUT2D eigenvalue weighted by Crippen LogP contribution is -2.44. The van der Waals surface area contributed by atoms with Crippen molar-refractivity contribution < 1.29 is 35.5 Å². The Morgan fingerprint density at radius 3 is 2.16 bits per heavy atom. The Hall–Kier alpha value is -3.88. The molecule has 11 nitrogen and oxygen atoms in total. The summed E-state index contributed by atoms with van der Waals surface area (Å²) in [4.78, 5) is 12.6. The number of carbonyl (C=O) groups is 1. The number of halogens is 1. The normalized spacial score (nSPS) is 11.6. The minimum absolute atomic E-state index is 0.108.